The fourth-order valence-corrected chi connectivity index (χ4v) is 2.87. The maximum atomic E-state index is 12.6. The molecule has 0 saturated heterocycles. The van der Waals surface area contributed by atoms with Gasteiger partial charge in [0.2, 0.25) is 17.6 Å². The van der Waals surface area contributed by atoms with Crippen molar-refractivity contribution in [3.63, 3.8) is 0 Å². The van der Waals surface area contributed by atoms with Crippen LogP contribution in [0.15, 0.2) is 22.6 Å². The number of nitrogens with one attached hydrogen (secondary N) is 1. The van der Waals surface area contributed by atoms with Crippen LogP contribution in [0.1, 0.15) is 52.8 Å². The van der Waals surface area contributed by atoms with E-state index in [9.17, 15) is 9.59 Å². The summed E-state index contributed by atoms with van der Waals surface area (Å²) in [6.45, 7) is 6.26. The van der Waals surface area contributed by atoms with E-state index in [0.717, 1.165) is 11.9 Å². The van der Waals surface area contributed by atoms with Crippen LogP contribution in [0, 0.1) is 6.92 Å². The van der Waals surface area contributed by atoms with Crippen LogP contribution in [0.25, 0.3) is 11.0 Å². The van der Waals surface area contributed by atoms with Gasteiger partial charge >= 0.3 is 0 Å². The smallest absolute Gasteiger partial charge is 0.295 e. The molecule has 136 valence electrons. The van der Waals surface area contributed by atoms with Gasteiger partial charge in [0.1, 0.15) is 0 Å². The molecule has 0 unspecified atom stereocenters. The number of nitrogens with two attached hydrogens (primary N) is 1. The van der Waals surface area contributed by atoms with Crippen LogP contribution in [-0.2, 0) is 13.0 Å². The number of amides is 2. The maximum Gasteiger partial charge on any atom is 0.295 e. The van der Waals surface area contributed by atoms with Crippen molar-refractivity contribution >= 4 is 28.8 Å². The van der Waals surface area contributed by atoms with Gasteiger partial charge in [-0.1, -0.05) is 13.8 Å². The van der Waals surface area contributed by atoms with E-state index in [1.807, 2.05) is 18.4 Å². The Labute approximate surface area is 150 Å². The monoisotopic (exact) mass is 355 g/mol. The van der Waals surface area contributed by atoms with Gasteiger partial charge in [0.05, 0.1) is 16.7 Å². The topological polar surface area (TPSA) is 116 Å². The van der Waals surface area contributed by atoms with Crippen LogP contribution < -0.4 is 11.1 Å². The molecule has 0 radical (unpaired) electrons. The Kier molecular flexibility index (Phi) is 4.75. The Bertz CT molecular complexity index is 986. The quantitative estimate of drug-likeness (QED) is 0.705. The minimum atomic E-state index is -0.508. The lowest BCUT2D eigenvalue weighted by molar-refractivity contribution is 0.0988. The van der Waals surface area contributed by atoms with Gasteiger partial charge in [-0.2, -0.15) is 0 Å². The minimum absolute atomic E-state index is 0.193. The molecule has 2 amide bonds. The Hall–Kier alpha value is -3.16. The maximum absolute atomic E-state index is 12.6. The molecule has 0 fully saturated rings. The molecular formula is C18H21N5O3. The summed E-state index contributed by atoms with van der Waals surface area (Å²) in [6, 6.07) is 5.02. The number of carbonyl (C=O) groups excluding carboxylic acids is 2. The second kappa shape index (κ2) is 6.99. The molecule has 2 aromatic heterocycles. The Morgan fingerprint density at radius 1 is 1.27 bits per heavy atom. The molecule has 8 heteroatoms. The van der Waals surface area contributed by atoms with Crippen LogP contribution in [0.3, 0.4) is 0 Å². The summed E-state index contributed by atoms with van der Waals surface area (Å²) in [6.07, 6.45) is 1.42. The number of oxazole rings is 1. The summed E-state index contributed by atoms with van der Waals surface area (Å²) in [7, 11) is 0. The van der Waals surface area contributed by atoms with E-state index >= 15 is 0 Å². The first kappa shape index (κ1) is 17.7. The van der Waals surface area contributed by atoms with Crippen LogP contribution in [0.5, 0.6) is 0 Å². The zero-order chi connectivity index (χ0) is 18.8. The molecule has 26 heavy (non-hydrogen) atoms. The second-order valence-corrected chi connectivity index (χ2v) is 5.97. The standard InChI is InChI=1S/C18H21N5O3/c1-4-8-23-14-9-11(16(19)24)6-7-13(14)21-18(23)22-17(25)15-12(5-2)20-10(3)26-15/h6-7,9H,4-5,8H2,1-3H3,(H2,19,24)(H,21,22,25). The van der Waals surface area contributed by atoms with Crippen molar-refractivity contribution in [2.24, 2.45) is 5.73 Å². The number of nitrogens with zero attached hydrogens (tertiary/aromatic N) is 3. The summed E-state index contributed by atoms with van der Waals surface area (Å²) in [4.78, 5) is 32.8. The van der Waals surface area contributed by atoms with E-state index in [2.05, 4.69) is 15.3 Å². The highest BCUT2D eigenvalue weighted by Gasteiger charge is 2.21. The van der Waals surface area contributed by atoms with Gasteiger partial charge in [-0.15, -0.1) is 0 Å². The fourth-order valence-electron chi connectivity index (χ4n) is 2.87. The Morgan fingerprint density at radius 3 is 2.69 bits per heavy atom. The van der Waals surface area contributed by atoms with Gasteiger partial charge in [0.15, 0.2) is 5.89 Å². The highest BCUT2D eigenvalue weighted by atomic mass is 16.4. The predicted molar refractivity (Wildman–Crippen MR) is 97.1 cm³/mol. The summed E-state index contributed by atoms with van der Waals surface area (Å²) in [5.74, 6) is 0.124. The summed E-state index contributed by atoms with van der Waals surface area (Å²) >= 11 is 0. The molecule has 0 aliphatic rings. The predicted octanol–water partition coefficient (Wildman–Crippen LogP) is 2.66. The van der Waals surface area contributed by atoms with Gasteiger partial charge in [-0.05, 0) is 31.0 Å². The molecule has 1 aromatic carbocycles. The van der Waals surface area contributed by atoms with E-state index in [1.165, 1.54) is 0 Å². The number of aryl methyl sites for hydroxylation is 3. The summed E-state index contributed by atoms with van der Waals surface area (Å²) in [5.41, 5.74) is 7.78. The third-order valence-electron chi connectivity index (χ3n) is 4.05. The molecule has 0 spiro atoms. The SMILES string of the molecule is CCCn1c(NC(=O)c2oc(C)nc2CC)nc2ccc(C(N)=O)cc21. The number of imidazole rings is 1. The van der Waals surface area contributed by atoms with Gasteiger partial charge in [-0.25, -0.2) is 9.97 Å². The van der Waals surface area contributed by atoms with E-state index in [0.29, 0.717) is 41.6 Å². The van der Waals surface area contributed by atoms with Crippen molar-refractivity contribution in [2.45, 2.75) is 40.2 Å². The van der Waals surface area contributed by atoms with Crippen molar-refractivity contribution in [2.75, 3.05) is 5.32 Å². The number of carbonyl (C=O) groups is 2. The summed E-state index contributed by atoms with van der Waals surface area (Å²) < 4.78 is 7.30. The average Bonchev–Trinajstić information content (AvgIpc) is 3.15. The van der Waals surface area contributed by atoms with Crippen molar-refractivity contribution in [3.8, 4) is 0 Å². The molecule has 3 aromatic rings. The lowest BCUT2D eigenvalue weighted by Gasteiger charge is -2.08. The first-order chi connectivity index (χ1) is 12.4. The largest absolute Gasteiger partial charge is 0.436 e. The number of fused-ring (bicyclic) bond motifs is 1. The van der Waals surface area contributed by atoms with Crippen molar-refractivity contribution < 1.29 is 14.0 Å². The number of benzene rings is 1. The molecule has 3 rings (SSSR count). The molecule has 2 heterocycles. The van der Waals surface area contributed by atoms with Crippen molar-refractivity contribution in [1.82, 2.24) is 14.5 Å². The van der Waals surface area contributed by atoms with Crippen LogP contribution in [0.2, 0.25) is 0 Å². The Morgan fingerprint density at radius 2 is 2.04 bits per heavy atom. The van der Waals surface area contributed by atoms with Crippen LogP contribution in [0.4, 0.5) is 5.95 Å². The second-order valence-electron chi connectivity index (χ2n) is 5.97. The molecule has 3 N–H and O–H groups in total. The third kappa shape index (κ3) is 3.17. The number of primary amides is 1. The van der Waals surface area contributed by atoms with E-state index in [-0.39, 0.29) is 5.76 Å². The number of rotatable bonds is 6. The zero-order valence-electron chi connectivity index (χ0n) is 15.0. The fraction of sp³-hybridized carbons (Fsp3) is 0.333. The van der Waals surface area contributed by atoms with Gasteiger partial charge in [-0.3, -0.25) is 14.9 Å². The lowest BCUT2D eigenvalue weighted by Crippen LogP contribution is -2.17. The average molecular weight is 355 g/mol. The van der Waals surface area contributed by atoms with Crippen molar-refractivity contribution in [1.29, 1.82) is 0 Å². The van der Waals surface area contributed by atoms with Crippen LogP contribution in [-0.4, -0.2) is 26.3 Å². The number of anilines is 1. The molecular weight excluding hydrogens is 334 g/mol. The zero-order valence-corrected chi connectivity index (χ0v) is 15.0. The number of hydrogen-bond acceptors (Lipinski definition) is 5. The molecule has 0 aliphatic carbocycles. The number of hydrogen-bond donors (Lipinski definition) is 2. The van der Waals surface area contributed by atoms with Crippen molar-refractivity contribution in [3.05, 3.63) is 41.1 Å². The number of aromatic nitrogens is 3. The van der Waals surface area contributed by atoms with Gasteiger partial charge < -0.3 is 14.7 Å². The summed E-state index contributed by atoms with van der Waals surface area (Å²) in [5, 5.41) is 2.80. The minimum Gasteiger partial charge on any atom is -0.436 e. The van der Waals surface area contributed by atoms with Gasteiger partial charge in [0, 0.05) is 19.0 Å². The third-order valence-corrected chi connectivity index (χ3v) is 4.05. The van der Waals surface area contributed by atoms with Crippen LogP contribution >= 0.6 is 0 Å². The first-order valence-corrected chi connectivity index (χ1v) is 8.52. The van der Waals surface area contributed by atoms with E-state index in [1.54, 1.807) is 25.1 Å². The molecule has 0 bridgehead atoms. The molecule has 0 saturated carbocycles. The first-order valence-electron chi connectivity index (χ1n) is 8.52. The van der Waals surface area contributed by atoms with Gasteiger partial charge in [0.25, 0.3) is 5.91 Å². The van der Waals surface area contributed by atoms with E-state index in [4.69, 9.17) is 10.2 Å². The molecule has 0 atom stereocenters. The Balaban J connectivity index is 2.02. The van der Waals surface area contributed by atoms with E-state index < -0.39 is 11.8 Å². The normalized spacial score (nSPS) is 11.0. The highest BCUT2D eigenvalue weighted by molar-refractivity contribution is 6.03. The molecule has 8 nitrogen and oxygen atoms in total. The lowest BCUT2D eigenvalue weighted by atomic mass is 10.2. The molecule has 0 aliphatic heterocycles. The highest BCUT2D eigenvalue weighted by Crippen LogP contribution is 2.23.